The van der Waals surface area contributed by atoms with Gasteiger partial charge in [-0.3, -0.25) is 9.59 Å². The molecule has 0 aromatic heterocycles. The third-order valence-electron chi connectivity index (χ3n) is 3.20. The molecule has 0 atom stereocenters. The van der Waals surface area contributed by atoms with Gasteiger partial charge in [0.1, 0.15) is 0 Å². The molecule has 0 amide bonds. The van der Waals surface area contributed by atoms with Crippen LogP contribution in [0, 0.1) is 5.41 Å². The molecule has 0 saturated carbocycles. The first-order valence-electron chi connectivity index (χ1n) is 6.75. The van der Waals surface area contributed by atoms with Crippen molar-refractivity contribution in [3.05, 3.63) is 70.2 Å². The predicted molar refractivity (Wildman–Crippen MR) is 85.1 cm³/mol. The SMILES string of the molecule is CC(C)(C)C(=O)c1ccccc1C(=O)c1ccc(Cl)cc1. The second kappa shape index (κ2) is 5.82. The van der Waals surface area contributed by atoms with Gasteiger partial charge in [0.25, 0.3) is 0 Å². The molecule has 21 heavy (non-hydrogen) atoms. The van der Waals surface area contributed by atoms with Crippen LogP contribution in [-0.4, -0.2) is 11.6 Å². The van der Waals surface area contributed by atoms with E-state index in [1.54, 1.807) is 48.5 Å². The molecule has 0 aliphatic carbocycles. The largest absolute Gasteiger partial charge is 0.294 e. The second-order valence-electron chi connectivity index (χ2n) is 5.96. The van der Waals surface area contributed by atoms with E-state index in [2.05, 4.69) is 0 Å². The van der Waals surface area contributed by atoms with Crippen molar-refractivity contribution in [1.82, 2.24) is 0 Å². The summed E-state index contributed by atoms with van der Waals surface area (Å²) in [6.07, 6.45) is 0. The molecule has 0 fully saturated rings. The van der Waals surface area contributed by atoms with Gasteiger partial charge in [0, 0.05) is 27.1 Å². The van der Waals surface area contributed by atoms with Gasteiger partial charge in [-0.25, -0.2) is 0 Å². The Balaban J connectivity index is 2.47. The van der Waals surface area contributed by atoms with Gasteiger partial charge in [-0.1, -0.05) is 56.6 Å². The summed E-state index contributed by atoms with van der Waals surface area (Å²) in [6, 6.07) is 13.6. The van der Waals surface area contributed by atoms with E-state index in [1.807, 2.05) is 20.8 Å². The van der Waals surface area contributed by atoms with Gasteiger partial charge < -0.3 is 0 Å². The molecule has 0 bridgehead atoms. The third-order valence-corrected chi connectivity index (χ3v) is 3.46. The van der Waals surface area contributed by atoms with Crippen LogP contribution in [0.15, 0.2) is 48.5 Å². The van der Waals surface area contributed by atoms with Crippen molar-refractivity contribution in [1.29, 1.82) is 0 Å². The van der Waals surface area contributed by atoms with E-state index < -0.39 is 5.41 Å². The maximum atomic E-state index is 12.6. The van der Waals surface area contributed by atoms with Crippen LogP contribution < -0.4 is 0 Å². The van der Waals surface area contributed by atoms with Crippen LogP contribution in [0.25, 0.3) is 0 Å². The van der Waals surface area contributed by atoms with Crippen molar-refractivity contribution in [3.63, 3.8) is 0 Å². The van der Waals surface area contributed by atoms with Crippen LogP contribution in [0.4, 0.5) is 0 Å². The van der Waals surface area contributed by atoms with E-state index in [0.29, 0.717) is 21.7 Å². The number of rotatable bonds is 3. The lowest BCUT2D eigenvalue weighted by Crippen LogP contribution is -2.22. The van der Waals surface area contributed by atoms with Crippen LogP contribution in [0.3, 0.4) is 0 Å². The van der Waals surface area contributed by atoms with Crippen molar-refractivity contribution >= 4 is 23.2 Å². The Morgan fingerprint density at radius 1 is 0.857 bits per heavy atom. The standard InChI is InChI=1S/C18H17ClO2/c1-18(2,3)17(21)15-7-5-4-6-14(15)16(20)12-8-10-13(19)11-9-12/h4-11H,1-3H3. The Labute approximate surface area is 129 Å². The summed E-state index contributed by atoms with van der Waals surface area (Å²) in [4.78, 5) is 25.1. The van der Waals surface area contributed by atoms with Crippen LogP contribution >= 0.6 is 11.6 Å². The fourth-order valence-electron chi connectivity index (χ4n) is 2.04. The lowest BCUT2D eigenvalue weighted by Gasteiger charge is -2.18. The van der Waals surface area contributed by atoms with Crippen LogP contribution in [0.2, 0.25) is 5.02 Å². The normalized spacial score (nSPS) is 11.2. The minimum absolute atomic E-state index is 0.0413. The highest BCUT2D eigenvalue weighted by molar-refractivity contribution is 6.30. The highest BCUT2D eigenvalue weighted by atomic mass is 35.5. The molecule has 0 radical (unpaired) electrons. The highest BCUT2D eigenvalue weighted by Crippen LogP contribution is 2.25. The zero-order chi connectivity index (χ0) is 15.6. The molecule has 3 heteroatoms. The molecule has 0 unspecified atom stereocenters. The van der Waals surface area contributed by atoms with Gasteiger partial charge >= 0.3 is 0 Å². The number of ketones is 2. The van der Waals surface area contributed by atoms with E-state index in [4.69, 9.17) is 11.6 Å². The van der Waals surface area contributed by atoms with Gasteiger partial charge in [0.05, 0.1) is 0 Å². The minimum Gasteiger partial charge on any atom is -0.294 e. The topological polar surface area (TPSA) is 34.1 Å². The quantitative estimate of drug-likeness (QED) is 0.763. The van der Waals surface area contributed by atoms with E-state index >= 15 is 0 Å². The van der Waals surface area contributed by atoms with Crippen molar-refractivity contribution in [3.8, 4) is 0 Å². The molecule has 0 aliphatic rings. The number of benzene rings is 2. The number of hydrogen-bond donors (Lipinski definition) is 0. The molecule has 2 aromatic rings. The van der Waals surface area contributed by atoms with E-state index in [1.165, 1.54) is 0 Å². The molecule has 0 saturated heterocycles. The van der Waals surface area contributed by atoms with E-state index in [9.17, 15) is 9.59 Å². The second-order valence-corrected chi connectivity index (χ2v) is 6.40. The van der Waals surface area contributed by atoms with Crippen LogP contribution in [0.1, 0.15) is 47.1 Å². The first-order valence-corrected chi connectivity index (χ1v) is 7.12. The fourth-order valence-corrected chi connectivity index (χ4v) is 2.17. The Kier molecular flexibility index (Phi) is 4.29. The molecule has 2 aromatic carbocycles. The first-order chi connectivity index (χ1) is 9.80. The smallest absolute Gasteiger partial charge is 0.193 e. The lowest BCUT2D eigenvalue weighted by molar-refractivity contribution is 0.0852. The zero-order valence-electron chi connectivity index (χ0n) is 12.3. The third kappa shape index (κ3) is 3.40. The Hall–Kier alpha value is -1.93. The van der Waals surface area contributed by atoms with Gasteiger partial charge in [0.15, 0.2) is 11.6 Å². The molecule has 0 N–H and O–H groups in total. The van der Waals surface area contributed by atoms with Crippen LogP contribution in [0.5, 0.6) is 0 Å². The number of carbonyl (C=O) groups excluding carboxylic acids is 2. The maximum Gasteiger partial charge on any atom is 0.193 e. The monoisotopic (exact) mass is 300 g/mol. The number of carbonyl (C=O) groups is 2. The average molecular weight is 301 g/mol. The van der Waals surface area contributed by atoms with Gasteiger partial charge in [-0.15, -0.1) is 0 Å². The Bertz CT molecular complexity index is 679. The summed E-state index contributed by atoms with van der Waals surface area (Å²) >= 11 is 5.84. The summed E-state index contributed by atoms with van der Waals surface area (Å²) in [5.74, 6) is -0.208. The van der Waals surface area contributed by atoms with Gasteiger partial charge in [0.2, 0.25) is 0 Å². The summed E-state index contributed by atoms with van der Waals surface area (Å²) in [7, 11) is 0. The predicted octanol–water partition coefficient (Wildman–Crippen LogP) is 4.80. The average Bonchev–Trinajstić information content (AvgIpc) is 2.45. The van der Waals surface area contributed by atoms with Gasteiger partial charge in [-0.05, 0) is 24.3 Å². The van der Waals surface area contributed by atoms with Crippen molar-refractivity contribution in [2.45, 2.75) is 20.8 Å². The number of hydrogen-bond acceptors (Lipinski definition) is 2. The van der Waals surface area contributed by atoms with Crippen molar-refractivity contribution in [2.75, 3.05) is 0 Å². The first kappa shape index (κ1) is 15.5. The molecular weight excluding hydrogens is 284 g/mol. The Morgan fingerprint density at radius 2 is 1.38 bits per heavy atom. The Morgan fingerprint density at radius 3 is 1.90 bits per heavy atom. The zero-order valence-corrected chi connectivity index (χ0v) is 13.1. The lowest BCUT2D eigenvalue weighted by atomic mass is 9.83. The summed E-state index contributed by atoms with van der Waals surface area (Å²) in [5, 5.41) is 0.575. The number of Topliss-reactive ketones (excluding diaryl/α,β-unsaturated/α-hetero) is 1. The van der Waals surface area contributed by atoms with E-state index in [-0.39, 0.29) is 11.6 Å². The highest BCUT2D eigenvalue weighted by Gasteiger charge is 2.27. The van der Waals surface area contributed by atoms with Gasteiger partial charge in [-0.2, -0.15) is 0 Å². The molecule has 108 valence electrons. The van der Waals surface area contributed by atoms with Crippen molar-refractivity contribution in [2.24, 2.45) is 5.41 Å². The summed E-state index contributed by atoms with van der Waals surface area (Å²) < 4.78 is 0. The fraction of sp³-hybridized carbons (Fsp3) is 0.222. The molecule has 2 nitrogen and oxygen atoms in total. The summed E-state index contributed by atoms with van der Waals surface area (Å²) in [5.41, 5.74) is 0.884. The van der Waals surface area contributed by atoms with E-state index in [0.717, 1.165) is 0 Å². The van der Waals surface area contributed by atoms with Crippen molar-refractivity contribution < 1.29 is 9.59 Å². The number of halogens is 1. The molecule has 0 aliphatic heterocycles. The molecular formula is C18H17ClO2. The summed E-state index contributed by atoms with van der Waals surface area (Å²) in [6.45, 7) is 5.54. The molecule has 0 spiro atoms. The van der Waals surface area contributed by atoms with Crippen LogP contribution in [-0.2, 0) is 0 Å². The molecule has 2 rings (SSSR count). The maximum absolute atomic E-state index is 12.6. The molecule has 0 heterocycles. The minimum atomic E-state index is -0.531.